The Hall–Kier alpha value is -2.83. The number of para-hydroxylation sites is 1. The number of carbonyl (C=O) groups is 1. The molecule has 2 aromatic heterocycles. The lowest BCUT2D eigenvalue weighted by Gasteiger charge is -2.11. The maximum absolute atomic E-state index is 12.7. The second kappa shape index (κ2) is 5.51. The molecule has 0 unspecified atom stereocenters. The molecule has 0 bridgehead atoms. The van der Waals surface area contributed by atoms with E-state index in [1.165, 1.54) is 0 Å². The monoisotopic (exact) mass is 300 g/mol. The first-order valence-electron chi connectivity index (χ1n) is 7.02. The first-order chi connectivity index (χ1) is 10.6. The second-order valence-corrected chi connectivity index (χ2v) is 5.13. The van der Waals surface area contributed by atoms with Crippen LogP contribution in [0.1, 0.15) is 12.1 Å². The molecule has 1 aromatic carbocycles. The summed E-state index contributed by atoms with van der Waals surface area (Å²) in [4.78, 5) is 23.2. The fourth-order valence-corrected chi connectivity index (χ4v) is 2.69. The van der Waals surface area contributed by atoms with E-state index < -0.39 is 6.09 Å². The van der Waals surface area contributed by atoms with E-state index in [1.807, 2.05) is 31.2 Å². The van der Waals surface area contributed by atoms with Gasteiger partial charge in [0, 0.05) is 24.2 Å². The van der Waals surface area contributed by atoms with E-state index in [0.717, 1.165) is 16.6 Å². The number of pyridine rings is 1. The van der Waals surface area contributed by atoms with Gasteiger partial charge in [-0.15, -0.1) is 0 Å². The highest BCUT2D eigenvalue weighted by Crippen LogP contribution is 2.22. The van der Waals surface area contributed by atoms with E-state index in [0.29, 0.717) is 30.4 Å². The van der Waals surface area contributed by atoms with Gasteiger partial charge >= 0.3 is 6.09 Å². The van der Waals surface area contributed by atoms with Crippen LogP contribution in [-0.4, -0.2) is 32.5 Å². The van der Waals surface area contributed by atoms with E-state index in [9.17, 15) is 9.59 Å². The van der Waals surface area contributed by atoms with Gasteiger partial charge < -0.3 is 15.0 Å². The van der Waals surface area contributed by atoms with Gasteiger partial charge in [0.05, 0.1) is 10.9 Å². The highest BCUT2D eigenvalue weighted by molar-refractivity contribution is 6.03. The van der Waals surface area contributed by atoms with Gasteiger partial charge in [-0.1, -0.05) is 18.2 Å². The number of rotatable bonds is 4. The Morgan fingerprint density at radius 3 is 2.95 bits per heavy atom. The van der Waals surface area contributed by atoms with Gasteiger partial charge in [0.25, 0.3) is 5.56 Å². The normalized spacial score (nSPS) is 11.1. The minimum absolute atomic E-state index is 0.102. The molecule has 0 radical (unpaired) electrons. The number of fused-ring (bicyclic) bond motifs is 3. The summed E-state index contributed by atoms with van der Waals surface area (Å²) < 4.78 is 1.68. The van der Waals surface area contributed by atoms with Crippen molar-refractivity contribution in [3.63, 3.8) is 0 Å². The van der Waals surface area contributed by atoms with Gasteiger partial charge in [-0.05, 0) is 19.4 Å². The lowest BCUT2D eigenvalue weighted by Crippen LogP contribution is -2.26. The summed E-state index contributed by atoms with van der Waals surface area (Å²) >= 11 is 0. The third-order valence-corrected chi connectivity index (χ3v) is 3.69. The molecule has 114 valence electrons. The Balaban J connectivity index is 2.10. The number of hydrogen-bond acceptors (Lipinski definition) is 3. The highest BCUT2D eigenvalue weighted by Gasteiger charge is 2.14. The fourth-order valence-electron chi connectivity index (χ4n) is 2.69. The lowest BCUT2D eigenvalue weighted by molar-refractivity contribution is 0.194. The second-order valence-electron chi connectivity index (χ2n) is 5.13. The van der Waals surface area contributed by atoms with Crippen molar-refractivity contribution >= 4 is 27.9 Å². The maximum atomic E-state index is 12.7. The summed E-state index contributed by atoms with van der Waals surface area (Å²) in [7, 11) is 0. The summed E-state index contributed by atoms with van der Waals surface area (Å²) in [6, 6.07) is 7.60. The molecule has 2 heterocycles. The number of amides is 1. The smallest absolute Gasteiger partial charge is 0.404 e. The molecule has 0 saturated heterocycles. The first-order valence-corrected chi connectivity index (χ1v) is 7.02. The first kappa shape index (κ1) is 14.1. The molecule has 0 saturated carbocycles. The molecule has 7 nitrogen and oxygen atoms in total. The van der Waals surface area contributed by atoms with Gasteiger partial charge in [0.1, 0.15) is 5.52 Å². The predicted octanol–water partition coefficient (Wildman–Crippen LogP) is 1.84. The zero-order chi connectivity index (χ0) is 15.7. The van der Waals surface area contributed by atoms with Crippen LogP contribution in [0.25, 0.3) is 21.8 Å². The quantitative estimate of drug-likeness (QED) is 0.640. The van der Waals surface area contributed by atoms with Crippen LogP contribution in [0.4, 0.5) is 4.79 Å². The standard InChI is InChI=1S/C15H16N4O3/c1-9-12-13(18-17-9)10-5-2-3-6-11(10)19(14(12)20)8-4-7-16-15(21)22/h2-3,5-6,16H,4,7-8H2,1H3,(H,17,18)(H,21,22). The van der Waals surface area contributed by atoms with Gasteiger partial charge in [-0.2, -0.15) is 5.10 Å². The number of aromatic nitrogens is 3. The third kappa shape index (κ3) is 2.30. The van der Waals surface area contributed by atoms with E-state index in [1.54, 1.807) is 4.57 Å². The maximum Gasteiger partial charge on any atom is 0.404 e. The van der Waals surface area contributed by atoms with Gasteiger partial charge in [0.2, 0.25) is 0 Å². The SMILES string of the molecule is Cc1[nH]nc2c1c(=O)n(CCCNC(=O)O)c1ccccc21. The number of nitrogens with zero attached hydrogens (tertiary/aromatic N) is 2. The summed E-state index contributed by atoms with van der Waals surface area (Å²) in [5, 5.41) is 19.5. The zero-order valence-electron chi connectivity index (χ0n) is 12.1. The minimum Gasteiger partial charge on any atom is -0.465 e. The van der Waals surface area contributed by atoms with E-state index >= 15 is 0 Å². The number of benzene rings is 1. The average Bonchev–Trinajstić information content (AvgIpc) is 2.88. The molecule has 1 amide bonds. The molecule has 3 aromatic rings. The van der Waals surface area contributed by atoms with Crippen LogP contribution in [-0.2, 0) is 6.54 Å². The van der Waals surface area contributed by atoms with E-state index in [-0.39, 0.29) is 5.56 Å². The van der Waals surface area contributed by atoms with E-state index in [4.69, 9.17) is 5.11 Å². The average molecular weight is 300 g/mol. The van der Waals surface area contributed by atoms with Crippen LogP contribution in [0.5, 0.6) is 0 Å². The number of aryl methyl sites for hydroxylation is 2. The Morgan fingerprint density at radius 2 is 2.18 bits per heavy atom. The van der Waals surface area contributed by atoms with Crippen LogP contribution in [0.2, 0.25) is 0 Å². The Bertz CT molecular complexity index is 910. The summed E-state index contributed by atoms with van der Waals surface area (Å²) in [5.74, 6) is 0. The molecule has 0 aliphatic rings. The lowest BCUT2D eigenvalue weighted by atomic mass is 10.1. The van der Waals surface area contributed by atoms with Gasteiger partial charge in [-0.3, -0.25) is 9.89 Å². The number of hydrogen-bond donors (Lipinski definition) is 3. The van der Waals surface area contributed by atoms with Crippen molar-refractivity contribution in [2.24, 2.45) is 0 Å². The Kier molecular flexibility index (Phi) is 3.54. The molecular formula is C15H16N4O3. The summed E-state index contributed by atoms with van der Waals surface area (Å²) in [6.07, 6.45) is -0.517. The zero-order valence-corrected chi connectivity index (χ0v) is 12.1. The van der Waals surface area contributed by atoms with Gasteiger partial charge in [0.15, 0.2) is 0 Å². The van der Waals surface area contributed by atoms with Crippen LogP contribution in [0, 0.1) is 6.92 Å². The van der Waals surface area contributed by atoms with Crippen LogP contribution in [0.3, 0.4) is 0 Å². The van der Waals surface area contributed by atoms with Gasteiger partial charge in [-0.25, -0.2) is 4.79 Å². The Labute approximate surface area is 125 Å². The number of nitrogens with one attached hydrogen (secondary N) is 2. The van der Waals surface area contributed by atoms with Crippen molar-refractivity contribution in [1.29, 1.82) is 0 Å². The van der Waals surface area contributed by atoms with Crippen molar-refractivity contribution in [3.05, 3.63) is 40.3 Å². The molecule has 22 heavy (non-hydrogen) atoms. The molecule has 3 rings (SSSR count). The summed E-state index contributed by atoms with van der Waals surface area (Å²) in [6.45, 7) is 2.57. The number of carboxylic acid groups (broad SMARTS) is 1. The molecule has 0 aliphatic carbocycles. The van der Waals surface area contributed by atoms with Crippen LogP contribution < -0.4 is 10.9 Å². The molecule has 0 atom stereocenters. The highest BCUT2D eigenvalue weighted by atomic mass is 16.4. The predicted molar refractivity (Wildman–Crippen MR) is 83.2 cm³/mol. The van der Waals surface area contributed by atoms with E-state index in [2.05, 4.69) is 15.5 Å². The fraction of sp³-hybridized carbons (Fsp3) is 0.267. The van der Waals surface area contributed by atoms with Crippen LogP contribution >= 0.6 is 0 Å². The van der Waals surface area contributed by atoms with Crippen molar-refractivity contribution in [1.82, 2.24) is 20.1 Å². The number of aromatic amines is 1. The van der Waals surface area contributed by atoms with Crippen molar-refractivity contribution in [2.45, 2.75) is 19.9 Å². The van der Waals surface area contributed by atoms with Crippen molar-refractivity contribution in [3.8, 4) is 0 Å². The topological polar surface area (TPSA) is 100 Å². The minimum atomic E-state index is -1.06. The van der Waals surface area contributed by atoms with Crippen LogP contribution in [0.15, 0.2) is 29.1 Å². The van der Waals surface area contributed by atoms with Crippen molar-refractivity contribution in [2.75, 3.05) is 6.54 Å². The van der Waals surface area contributed by atoms with Crippen molar-refractivity contribution < 1.29 is 9.90 Å². The molecule has 0 aliphatic heterocycles. The molecule has 3 N–H and O–H groups in total. The third-order valence-electron chi connectivity index (χ3n) is 3.69. The molecular weight excluding hydrogens is 284 g/mol. The molecule has 0 fully saturated rings. The molecule has 7 heteroatoms. The Morgan fingerprint density at radius 1 is 1.41 bits per heavy atom. The number of H-pyrrole nitrogens is 1. The molecule has 0 spiro atoms. The largest absolute Gasteiger partial charge is 0.465 e. The summed E-state index contributed by atoms with van der Waals surface area (Å²) in [5.41, 5.74) is 2.12.